The Morgan fingerprint density at radius 3 is 1.53 bits per heavy atom. The third-order valence-electron chi connectivity index (χ3n) is 11.1. The predicted octanol–water partition coefficient (Wildman–Crippen LogP) is 16.1. The molecule has 0 aliphatic rings. The molecule has 0 bridgehead atoms. The zero-order valence-corrected chi connectivity index (χ0v) is 31.8. The summed E-state index contributed by atoms with van der Waals surface area (Å²) in [6, 6.07) is 76.3. The minimum Gasteiger partial charge on any atom is -0.455 e. The fourth-order valence-corrected chi connectivity index (χ4v) is 9.55. The van der Waals surface area contributed by atoms with Crippen molar-refractivity contribution in [2.24, 2.45) is 0 Å². The van der Waals surface area contributed by atoms with Crippen LogP contribution >= 0.6 is 11.3 Å². The lowest BCUT2D eigenvalue weighted by molar-refractivity contribution is 0.670. The van der Waals surface area contributed by atoms with E-state index >= 15 is 0 Å². The van der Waals surface area contributed by atoms with Crippen molar-refractivity contribution in [3.8, 4) is 44.5 Å². The van der Waals surface area contributed by atoms with Gasteiger partial charge in [0.1, 0.15) is 11.2 Å². The van der Waals surface area contributed by atoms with Gasteiger partial charge in [0, 0.05) is 48.7 Å². The standard InChI is InChI=1S/C54H35NOS/c1-3-12-36(13-4-1)37-22-24-38(25-23-37)39-26-30-42(31-27-39)55(43-32-28-41(29-33-43)45-18-11-19-48-46-16-7-9-20-50(46)56-53(45)48)52-44(40-14-5-2-6-15-40)34-35-49-47-17-8-10-21-51(47)57-54(49)52/h1-35H. The number of hydrogen-bond acceptors (Lipinski definition) is 3. The van der Waals surface area contributed by atoms with E-state index in [0.29, 0.717) is 0 Å². The van der Waals surface area contributed by atoms with Gasteiger partial charge in [-0.25, -0.2) is 0 Å². The average Bonchev–Trinajstić information content (AvgIpc) is 3.87. The fourth-order valence-electron chi connectivity index (χ4n) is 8.31. The highest BCUT2D eigenvalue weighted by Gasteiger charge is 2.23. The Morgan fingerprint density at radius 2 is 0.842 bits per heavy atom. The average molecular weight is 746 g/mol. The molecular formula is C54H35NOS. The van der Waals surface area contributed by atoms with E-state index in [4.69, 9.17) is 4.42 Å². The van der Waals surface area contributed by atoms with Crippen LogP contribution in [0.3, 0.4) is 0 Å². The molecular weight excluding hydrogens is 711 g/mol. The smallest absolute Gasteiger partial charge is 0.143 e. The van der Waals surface area contributed by atoms with E-state index in [2.05, 4.69) is 205 Å². The lowest BCUT2D eigenvalue weighted by atomic mass is 9.98. The first-order valence-corrected chi connectivity index (χ1v) is 20.1. The SMILES string of the molecule is c1ccc(-c2ccc(-c3ccc(N(c4ccc(-c5cccc6c5oc5ccccc56)cc4)c4c(-c5ccccc5)ccc5c4sc4ccccc45)cc3)cc2)cc1. The second kappa shape index (κ2) is 13.8. The van der Waals surface area contributed by atoms with Crippen molar-refractivity contribution in [3.63, 3.8) is 0 Å². The molecule has 268 valence electrons. The Morgan fingerprint density at radius 1 is 0.333 bits per heavy atom. The molecule has 0 aliphatic heterocycles. The molecule has 2 heterocycles. The van der Waals surface area contributed by atoms with Gasteiger partial charge in [-0.1, -0.05) is 176 Å². The van der Waals surface area contributed by atoms with Crippen molar-refractivity contribution in [3.05, 3.63) is 212 Å². The van der Waals surface area contributed by atoms with E-state index in [1.807, 2.05) is 23.5 Å². The fraction of sp³-hybridized carbons (Fsp3) is 0. The van der Waals surface area contributed by atoms with Crippen molar-refractivity contribution in [1.82, 2.24) is 0 Å². The number of fused-ring (bicyclic) bond motifs is 6. The highest BCUT2D eigenvalue weighted by molar-refractivity contribution is 7.26. The van der Waals surface area contributed by atoms with Crippen LogP contribution in [-0.4, -0.2) is 0 Å². The molecule has 0 saturated carbocycles. The Hall–Kier alpha value is -7.20. The van der Waals surface area contributed by atoms with Crippen LogP contribution in [0.4, 0.5) is 17.1 Å². The van der Waals surface area contributed by atoms with Gasteiger partial charge in [0.2, 0.25) is 0 Å². The Balaban J connectivity index is 1.08. The number of rotatable bonds is 7. The maximum Gasteiger partial charge on any atom is 0.143 e. The van der Waals surface area contributed by atoms with Crippen molar-refractivity contribution in [1.29, 1.82) is 0 Å². The normalized spacial score (nSPS) is 11.5. The second-order valence-corrected chi connectivity index (χ2v) is 15.5. The molecule has 0 fully saturated rings. The van der Waals surface area contributed by atoms with Gasteiger partial charge in [0.05, 0.1) is 10.4 Å². The molecule has 57 heavy (non-hydrogen) atoms. The van der Waals surface area contributed by atoms with E-state index in [1.165, 1.54) is 59.2 Å². The molecule has 3 heteroatoms. The third kappa shape index (κ3) is 5.80. The number of para-hydroxylation sites is 2. The Bertz CT molecular complexity index is 3200. The second-order valence-electron chi connectivity index (χ2n) is 14.5. The van der Waals surface area contributed by atoms with Crippen molar-refractivity contribution in [2.45, 2.75) is 0 Å². The molecule has 11 rings (SSSR count). The Labute approximate surface area is 335 Å². The summed E-state index contributed by atoms with van der Waals surface area (Å²) in [4.78, 5) is 2.45. The quantitative estimate of drug-likeness (QED) is 0.162. The third-order valence-corrected chi connectivity index (χ3v) is 12.3. The zero-order valence-electron chi connectivity index (χ0n) is 31.0. The summed E-state index contributed by atoms with van der Waals surface area (Å²) in [6.45, 7) is 0. The van der Waals surface area contributed by atoms with Gasteiger partial charge in [-0.3, -0.25) is 0 Å². The van der Waals surface area contributed by atoms with Crippen LogP contribution in [0, 0.1) is 0 Å². The number of hydrogen-bond donors (Lipinski definition) is 0. The first-order valence-electron chi connectivity index (χ1n) is 19.3. The maximum atomic E-state index is 6.46. The minimum atomic E-state index is 0.906. The predicted molar refractivity (Wildman–Crippen MR) is 243 cm³/mol. The van der Waals surface area contributed by atoms with Crippen LogP contribution < -0.4 is 4.90 Å². The minimum absolute atomic E-state index is 0.906. The number of benzene rings is 9. The number of nitrogens with zero attached hydrogens (tertiary/aromatic N) is 1. The summed E-state index contributed by atoms with van der Waals surface area (Å²) in [5, 5.41) is 4.81. The molecule has 2 nitrogen and oxygen atoms in total. The van der Waals surface area contributed by atoms with Crippen LogP contribution in [0.15, 0.2) is 217 Å². The molecule has 0 N–H and O–H groups in total. The van der Waals surface area contributed by atoms with Crippen LogP contribution in [-0.2, 0) is 0 Å². The molecule has 11 aromatic rings. The number of thiophene rings is 1. The van der Waals surface area contributed by atoms with Gasteiger partial charge in [0.25, 0.3) is 0 Å². The van der Waals surface area contributed by atoms with Gasteiger partial charge in [-0.2, -0.15) is 0 Å². The van der Waals surface area contributed by atoms with Gasteiger partial charge in [-0.15, -0.1) is 11.3 Å². The molecule has 2 aromatic heterocycles. The molecule has 0 radical (unpaired) electrons. The summed E-state index contributed by atoms with van der Waals surface area (Å²) in [7, 11) is 0. The number of furan rings is 1. The van der Waals surface area contributed by atoms with Crippen molar-refractivity contribution >= 4 is 70.5 Å². The van der Waals surface area contributed by atoms with E-state index in [0.717, 1.165) is 44.4 Å². The van der Waals surface area contributed by atoms with Gasteiger partial charge in [-0.05, 0) is 69.8 Å². The summed E-state index contributed by atoms with van der Waals surface area (Å²) in [6.07, 6.45) is 0. The lowest BCUT2D eigenvalue weighted by Gasteiger charge is -2.29. The Kier molecular flexibility index (Phi) is 8.04. The van der Waals surface area contributed by atoms with Crippen LogP contribution in [0.5, 0.6) is 0 Å². The van der Waals surface area contributed by atoms with Crippen LogP contribution in [0.2, 0.25) is 0 Å². The maximum absolute atomic E-state index is 6.46. The highest BCUT2D eigenvalue weighted by Crippen LogP contribution is 2.50. The first-order chi connectivity index (χ1) is 28.3. The van der Waals surface area contributed by atoms with Gasteiger partial charge < -0.3 is 9.32 Å². The van der Waals surface area contributed by atoms with Crippen LogP contribution in [0.1, 0.15) is 0 Å². The lowest BCUT2D eigenvalue weighted by Crippen LogP contribution is -2.11. The molecule has 0 unspecified atom stereocenters. The number of anilines is 3. The summed E-state index contributed by atoms with van der Waals surface area (Å²) < 4.78 is 9.00. The topological polar surface area (TPSA) is 16.4 Å². The van der Waals surface area contributed by atoms with Crippen molar-refractivity contribution < 1.29 is 4.42 Å². The highest BCUT2D eigenvalue weighted by atomic mass is 32.1. The van der Waals surface area contributed by atoms with Crippen LogP contribution in [0.25, 0.3) is 86.6 Å². The van der Waals surface area contributed by atoms with E-state index < -0.39 is 0 Å². The van der Waals surface area contributed by atoms with Gasteiger partial charge in [0.15, 0.2) is 0 Å². The van der Waals surface area contributed by atoms with Crippen molar-refractivity contribution in [2.75, 3.05) is 4.90 Å². The molecule has 9 aromatic carbocycles. The monoisotopic (exact) mass is 745 g/mol. The summed E-state index contributed by atoms with van der Waals surface area (Å²) >= 11 is 1.86. The largest absolute Gasteiger partial charge is 0.455 e. The van der Waals surface area contributed by atoms with Gasteiger partial charge >= 0.3 is 0 Å². The molecule has 0 aliphatic carbocycles. The van der Waals surface area contributed by atoms with E-state index in [9.17, 15) is 0 Å². The summed E-state index contributed by atoms with van der Waals surface area (Å²) in [5.41, 5.74) is 14.5. The van der Waals surface area contributed by atoms with E-state index in [-0.39, 0.29) is 0 Å². The molecule has 0 spiro atoms. The zero-order chi connectivity index (χ0) is 37.7. The molecule has 0 saturated heterocycles. The molecule has 0 amide bonds. The first kappa shape index (κ1) is 33.2. The summed E-state index contributed by atoms with van der Waals surface area (Å²) in [5.74, 6) is 0. The molecule has 0 atom stereocenters. The van der Waals surface area contributed by atoms with E-state index in [1.54, 1.807) is 0 Å².